The molecular formula is C47H42IrN2OSi-2. The van der Waals surface area contributed by atoms with Gasteiger partial charge >= 0.3 is 0 Å². The zero-order valence-electron chi connectivity index (χ0n) is 30.5. The van der Waals surface area contributed by atoms with Crippen LogP contribution in [0.3, 0.4) is 0 Å². The molecule has 0 aliphatic rings. The number of hydrogen-bond donors (Lipinski definition) is 0. The molecule has 5 aromatic carbocycles. The Morgan fingerprint density at radius 2 is 1.33 bits per heavy atom. The smallest absolute Gasteiger partial charge is 0.120 e. The van der Waals surface area contributed by atoms with Crippen LogP contribution in [-0.4, -0.2) is 18.0 Å². The van der Waals surface area contributed by atoms with E-state index in [4.69, 9.17) is 9.40 Å². The molecule has 8 aromatic rings. The van der Waals surface area contributed by atoms with Gasteiger partial charge in [-0.1, -0.05) is 129 Å². The van der Waals surface area contributed by atoms with Crippen LogP contribution in [0.4, 0.5) is 0 Å². The summed E-state index contributed by atoms with van der Waals surface area (Å²) in [4.78, 5) is 9.44. The van der Waals surface area contributed by atoms with Gasteiger partial charge in [0, 0.05) is 43.4 Å². The summed E-state index contributed by atoms with van der Waals surface area (Å²) in [5.74, 6) is 0.534. The van der Waals surface area contributed by atoms with Gasteiger partial charge in [0.05, 0.1) is 13.7 Å². The fraction of sp³-hybridized carbons (Fsp3) is 0.149. The molecule has 0 atom stereocenters. The maximum atomic E-state index is 6.31. The predicted molar refractivity (Wildman–Crippen MR) is 217 cm³/mol. The fourth-order valence-electron chi connectivity index (χ4n) is 6.63. The normalized spacial score (nSPS) is 11.3. The van der Waals surface area contributed by atoms with E-state index >= 15 is 0 Å². The van der Waals surface area contributed by atoms with Crippen LogP contribution in [0.25, 0.3) is 66.7 Å². The molecule has 0 N–H and O–H groups in total. The first-order valence-corrected chi connectivity index (χ1v) is 21.1. The largest absolute Gasteiger partial charge is 0.501 e. The molecule has 0 saturated carbocycles. The summed E-state index contributed by atoms with van der Waals surface area (Å²) in [5.41, 5.74) is 12.9. The van der Waals surface area contributed by atoms with Crippen LogP contribution < -0.4 is 5.19 Å². The minimum atomic E-state index is -1.34. The molecule has 0 bridgehead atoms. The van der Waals surface area contributed by atoms with Crippen molar-refractivity contribution >= 4 is 35.2 Å². The standard InChI is InChI=1S/C30H20NO.C17H22NSi.Ir/c1-20-17-28(31-19-27(20)22-11-6-3-7-12-22)25-14-8-13-24-26-18-23(21-9-4-2-5-10-21)15-16-29(26)32-30(24)25;1-13(2)15-11-16(14-9-7-6-8-10-14)18-12-17(15)19(3,4)5;/h2-13,15-19H,1H3;6-9,11-13H,1-5H3;/q2*-1;. The number of aryl methyl sites for hydroxylation is 1. The molecule has 0 spiro atoms. The molecule has 5 heteroatoms. The first-order chi connectivity index (χ1) is 24.7. The van der Waals surface area contributed by atoms with Crippen molar-refractivity contribution in [2.24, 2.45) is 0 Å². The summed E-state index contributed by atoms with van der Waals surface area (Å²) in [6, 6.07) is 50.2. The Kier molecular flexibility index (Phi) is 11.2. The SMILES string of the molecule is CC(C)c1cc(-c2[c-]cccc2)ncc1[Si](C)(C)C.Cc1cc(-c2[c-]ccc3c2oc2ccc(-c4ccccc4)cc23)ncc1-c1ccccc1.[Ir]. The fourth-order valence-corrected chi connectivity index (χ4v) is 8.31. The number of aromatic nitrogens is 2. The number of fused-ring (bicyclic) bond motifs is 3. The van der Waals surface area contributed by atoms with Crippen molar-refractivity contribution in [3.63, 3.8) is 0 Å². The van der Waals surface area contributed by atoms with Crippen LogP contribution in [0.5, 0.6) is 0 Å². The van der Waals surface area contributed by atoms with Crippen molar-refractivity contribution in [1.29, 1.82) is 0 Å². The summed E-state index contributed by atoms with van der Waals surface area (Å²) in [6.45, 7) is 13.8. The van der Waals surface area contributed by atoms with Gasteiger partial charge in [-0.05, 0) is 63.8 Å². The summed E-state index contributed by atoms with van der Waals surface area (Å²) in [7, 11) is -1.34. The minimum absolute atomic E-state index is 0. The first kappa shape index (κ1) is 36.8. The summed E-state index contributed by atoms with van der Waals surface area (Å²) in [6.07, 6.45) is 4.04. The monoisotopic (exact) mass is 871 g/mol. The van der Waals surface area contributed by atoms with Crippen LogP contribution in [0.15, 0.2) is 144 Å². The average Bonchev–Trinajstić information content (AvgIpc) is 3.54. The molecular weight excluding hydrogens is 829 g/mol. The van der Waals surface area contributed by atoms with Crippen molar-refractivity contribution < 1.29 is 24.5 Å². The van der Waals surface area contributed by atoms with E-state index in [2.05, 4.69) is 155 Å². The van der Waals surface area contributed by atoms with Crippen LogP contribution in [0.1, 0.15) is 30.9 Å². The Bertz CT molecular complexity index is 2430. The maximum Gasteiger partial charge on any atom is 0.120 e. The molecule has 3 nitrogen and oxygen atoms in total. The second-order valence-corrected chi connectivity index (χ2v) is 19.4. The van der Waals surface area contributed by atoms with E-state index < -0.39 is 8.07 Å². The number of rotatable bonds is 6. The number of furan rings is 1. The third-order valence-electron chi connectivity index (χ3n) is 9.34. The van der Waals surface area contributed by atoms with Crippen molar-refractivity contribution in [2.45, 2.75) is 46.3 Å². The van der Waals surface area contributed by atoms with Gasteiger partial charge in [-0.2, -0.15) is 0 Å². The van der Waals surface area contributed by atoms with Gasteiger partial charge in [0.1, 0.15) is 5.58 Å². The van der Waals surface area contributed by atoms with E-state index in [0.717, 1.165) is 50.0 Å². The molecule has 1 radical (unpaired) electrons. The minimum Gasteiger partial charge on any atom is -0.501 e. The zero-order valence-corrected chi connectivity index (χ0v) is 33.9. The van der Waals surface area contributed by atoms with Crippen LogP contribution in [-0.2, 0) is 20.1 Å². The van der Waals surface area contributed by atoms with Gasteiger partial charge in [-0.3, -0.25) is 0 Å². The van der Waals surface area contributed by atoms with Gasteiger partial charge < -0.3 is 14.4 Å². The van der Waals surface area contributed by atoms with E-state index in [9.17, 15) is 0 Å². The summed E-state index contributed by atoms with van der Waals surface area (Å²) in [5, 5.41) is 3.66. The molecule has 0 amide bonds. The quantitative estimate of drug-likeness (QED) is 0.123. The number of pyridine rings is 2. The third-order valence-corrected chi connectivity index (χ3v) is 11.4. The average molecular weight is 871 g/mol. The third kappa shape index (κ3) is 7.78. The van der Waals surface area contributed by atoms with Gasteiger partial charge in [0.25, 0.3) is 0 Å². The Morgan fingerprint density at radius 3 is 1.98 bits per heavy atom. The number of hydrogen-bond acceptors (Lipinski definition) is 3. The second kappa shape index (κ2) is 15.8. The molecule has 0 fully saturated rings. The second-order valence-electron chi connectivity index (χ2n) is 14.4. The summed E-state index contributed by atoms with van der Waals surface area (Å²) >= 11 is 0. The van der Waals surface area contributed by atoms with E-state index in [1.165, 1.54) is 33.0 Å². The molecule has 8 rings (SSSR count). The topological polar surface area (TPSA) is 38.9 Å². The Labute approximate surface area is 322 Å². The van der Waals surface area contributed by atoms with Crippen molar-refractivity contribution in [3.05, 3.63) is 163 Å². The maximum absolute atomic E-state index is 6.31. The van der Waals surface area contributed by atoms with Gasteiger partial charge in [-0.25, -0.2) is 0 Å². The van der Waals surface area contributed by atoms with Gasteiger partial charge in [0.15, 0.2) is 0 Å². The molecule has 0 unspecified atom stereocenters. The van der Waals surface area contributed by atoms with Crippen LogP contribution in [0, 0.1) is 19.1 Å². The van der Waals surface area contributed by atoms with Gasteiger partial charge in [0.2, 0.25) is 0 Å². The van der Waals surface area contributed by atoms with E-state index in [1.54, 1.807) is 0 Å². The zero-order chi connectivity index (χ0) is 35.5. The summed E-state index contributed by atoms with van der Waals surface area (Å²) < 4.78 is 6.31. The van der Waals surface area contributed by atoms with Crippen LogP contribution in [0.2, 0.25) is 19.6 Å². The molecule has 0 aliphatic carbocycles. The first-order valence-electron chi connectivity index (χ1n) is 17.6. The Hall–Kier alpha value is -4.93. The Balaban J connectivity index is 0.000000200. The van der Waals surface area contributed by atoms with E-state index in [-0.39, 0.29) is 20.1 Å². The Morgan fingerprint density at radius 1 is 0.635 bits per heavy atom. The predicted octanol–water partition coefficient (Wildman–Crippen LogP) is 12.3. The number of benzene rings is 5. The molecule has 3 aromatic heterocycles. The molecule has 3 heterocycles. The molecule has 52 heavy (non-hydrogen) atoms. The van der Waals surface area contributed by atoms with Crippen molar-refractivity contribution in [3.8, 4) is 44.8 Å². The molecule has 0 aliphatic heterocycles. The molecule has 0 saturated heterocycles. The van der Waals surface area contributed by atoms with Crippen molar-refractivity contribution in [2.75, 3.05) is 0 Å². The molecule has 261 valence electrons. The van der Waals surface area contributed by atoms with E-state index in [1.807, 2.05) is 42.6 Å². The van der Waals surface area contributed by atoms with Gasteiger partial charge in [-0.15, -0.1) is 54.1 Å². The van der Waals surface area contributed by atoms with E-state index in [0.29, 0.717) is 5.92 Å². The van der Waals surface area contributed by atoms with Crippen molar-refractivity contribution in [1.82, 2.24) is 9.97 Å². The van der Waals surface area contributed by atoms with Crippen LogP contribution >= 0.6 is 0 Å². The number of nitrogens with zero attached hydrogens (tertiary/aromatic N) is 2.